The number of ketones is 2. The summed E-state index contributed by atoms with van der Waals surface area (Å²) in [6.45, 7) is 21.0. The molecule has 10 atom stereocenters. The third-order valence-corrected chi connectivity index (χ3v) is 29.4. The summed E-state index contributed by atoms with van der Waals surface area (Å²) in [5.41, 5.74) is 4.30. The molecule has 4 saturated carbocycles. The Morgan fingerprint density at radius 1 is 0.653 bits per heavy atom. The van der Waals surface area contributed by atoms with Gasteiger partial charge in [0.2, 0.25) is 5.91 Å². The molecule has 44 nitrogen and oxygen atoms in total. The number of aliphatic hydroxyl groups excluding tert-OH is 3. The number of amides is 5. The van der Waals surface area contributed by atoms with E-state index in [4.69, 9.17) is 81.1 Å². The quantitative estimate of drug-likeness (QED) is 0.0106. The van der Waals surface area contributed by atoms with Crippen molar-refractivity contribution in [1.82, 2.24) is 49.9 Å². The third kappa shape index (κ3) is 33.2. The zero-order valence-corrected chi connectivity index (χ0v) is 87.8. The Hall–Kier alpha value is -10.5. The number of methoxy groups -OCH3 is 1. The highest BCUT2D eigenvalue weighted by molar-refractivity contribution is 7.85. The van der Waals surface area contributed by atoms with Crippen LogP contribution in [0.15, 0.2) is 97.3 Å². The van der Waals surface area contributed by atoms with Crippen molar-refractivity contribution in [3.8, 4) is 11.1 Å². The number of carbonyl (C=O) groups excluding carboxylic acids is 7. The van der Waals surface area contributed by atoms with Crippen LogP contribution < -0.4 is 15.5 Å². The van der Waals surface area contributed by atoms with Crippen molar-refractivity contribution in [2.45, 2.75) is 193 Å². The van der Waals surface area contributed by atoms with E-state index in [1.165, 1.54) is 29.1 Å². The van der Waals surface area contributed by atoms with Gasteiger partial charge in [-0.1, -0.05) is 86.7 Å². The van der Waals surface area contributed by atoms with Crippen molar-refractivity contribution in [3.05, 3.63) is 148 Å². The van der Waals surface area contributed by atoms with E-state index in [9.17, 15) is 81.7 Å². The maximum atomic E-state index is 14.6. The van der Waals surface area contributed by atoms with E-state index < -0.39 is 143 Å². The van der Waals surface area contributed by atoms with Crippen LogP contribution in [-0.4, -0.2) is 369 Å². The lowest BCUT2D eigenvalue weighted by Crippen LogP contribution is -2.64. The monoisotopic (exact) mass is 2130 g/mol. The number of aromatic carboxylic acids is 1. The van der Waals surface area contributed by atoms with Gasteiger partial charge in [0, 0.05) is 99.6 Å². The second kappa shape index (κ2) is 55.8. The minimum atomic E-state index is -4.66. The van der Waals surface area contributed by atoms with Crippen molar-refractivity contribution >= 4 is 95.8 Å². The number of nitrogens with zero attached hydrogens (tertiary/aromatic N) is 10. The lowest BCUT2D eigenvalue weighted by atomic mass is 9.39. The van der Waals surface area contributed by atoms with Crippen LogP contribution in [0.3, 0.4) is 0 Å². The molecule has 7 heterocycles. The second-order valence-corrected chi connectivity index (χ2v) is 42.6. The van der Waals surface area contributed by atoms with Gasteiger partial charge in [-0.3, -0.25) is 48.2 Å². The number of para-hydroxylation sites is 1. The number of pyridine rings is 1. The van der Waals surface area contributed by atoms with Crippen molar-refractivity contribution in [3.63, 3.8) is 0 Å². The molecule has 822 valence electrons. The van der Waals surface area contributed by atoms with Gasteiger partial charge in [-0.05, 0) is 152 Å². The molecule has 8 N–H and O–H groups in total. The Morgan fingerprint density at radius 3 is 1.83 bits per heavy atom. The van der Waals surface area contributed by atoms with Gasteiger partial charge < -0.3 is 112 Å². The lowest BCUT2D eigenvalue weighted by molar-refractivity contribution is -0.248. The summed E-state index contributed by atoms with van der Waals surface area (Å²) in [5, 5.41) is 72.9. The average Bonchev–Trinajstić information content (AvgIpc) is 0.950. The van der Waals surface area contributed by atoms with E-state index in [-0.39, 0.29) is 98.7 Å². The molecule has 150 heavy (non-hydrogen) atoms. The summed E-state index contributed by atoms with van der Waals surface area (Å²) < 4.78 is 124. The van der Waals surface area contributed by atoms with Crippen LogP contribution >= 0.6 is 11.3 Å². The number of ether oxygens (including phenoxy) is 15. The number of thiazole rings is 1. The number of nitrogens with one attached hydrogen (secondary N) is 2. The molecule has 5 amide bonds. The number of hydrogen-bond acceptors (Lipinski definition) is 36. The first-order chi connectivity index (χ1) is 72.0. The number of hydrogen-bond donors (Lipinski definition) is 8. The Morgan fingerprint density at radius 2 is 1.25 bits per heavy atom. The van der Waals surface area contributed by atoms with Crippen molar-refractivity contribution < 1.29 is 153 Å². The number of benzene rings is 3. The molecule has 3 aliphatic heterocycles. The number of carboxylic acid groups (broad SMARTS) is 2. The number of anilines is 2. The van der Waals surface area contributed by atoms with E-state index in [1.54, 1.807) is 63.6 Å². The van der Waals surface area contributed by atoms with Gasteiger partial charge in [0.1, 0.15) is 42.2 Å². The number of carboxylic acids is 2. The summed E-state index contributed by atoms with van der Waals surface area (Å²) in [6.07, 6.45) is -0.947. The van der Waals surface area contributed by atoms with E-state index in [1.807, 2.05) is 52.9 Å². The maximum Gasteiger partial charge on any atom is 0.410 e. The molecule has 4 bridgehead atoms. The van der Waals surface area contributed by atoms with E-state index in [0.717, 1.165) is 68.3 Å². The Labute approximate surface area is 875 Å². The number of carbonyl (C=O) groups is 9. The molecule has 7 aromatic rings. The molecule has 1 saturated heterocycles. The normalized spacial score (nSPS) is 21.5. The standard InChI is InChI=1S/C104H142N12O32S2/c1-68(2)78(55-75(117)56-83(116-88(119)21-22-89(116)120)82-59-114(111-110-82)26-28-135-32-33-137-36-37-139-40-41-141-44-45-143-48-49-145-51-50-144-47-46-142-43-42-140-39-38-138-35-34-136-31-30-134-7)96(125)106-69(3)84(118)54-71-15-16-74(73(53-71)17-19-85-91(121)92(122)93(123)94(148-85)98(128)129)60-146-100(130)112(27-52-150(131,132)133)25-29-147-104-64-101(5)61-102(6,65-104)63-103(62-101,66-104)67-115-70(4)79(57-105-115)76-18-20-87(108-90(76)97(126)127)113-24-23-72-11-10-12-77(80(72)58-113)95(124)109-99-107-81-13-8-9-14-86(81)149-99/h8-16,18,20-22,53,57,59,68-69,78,83,85,91-94,121-123H,17,19,23-52,54-56,58,60-67H2,1-7H3,(H,106,125)(H,126,127)(H,128,129)(H,107,109,124)(H,131,132,133)/t69-,78-,83+,85-,91-,92+,93-,94-,101?,102?,103?,104?/m0/s1. The molecule has 0 radical (unpaired) electrons. The number of aliphatic carboxylic acids is 1. The molecule has 0 spiro atoms. The van der Waals surface area contributed by atoms with Crippen molar-refractivity contribution in [2.24, 2.45) is 28.1 Å². The largest absolute Gasteiger partial charge is 0.479 e. The summed E-state index contributed by atoms with van der Waals surface area (Å²) >= 11 is 1.38. The molecular weight excluding hydrogens is 1990 g/mol. The van der Waals surface area contributed by atoms with Crippen LogP contribution in [0.4, 0.5) is 15.7 Å². The first-order valence-electron chi connectivity index (χ1n) is 51.0. The van der Waals surface area contributed by atoms with Gasteiger partial charge in [0.25, 0.3) is 27.8 Å². The maximum absolute atomic E-state index is 14.6. The summed E-state index contributed by atoms with van der Waals surface area (Å²) in [5.74, 6) is -8.10. The van der Waals surface area contributed by atoms with Crippen LogP contribution in [0.1, 0.15) is 158 Å². The van der Waals surface area contributed by atoms with Crippen LogP contribution in [0.5, 0.6) is 0 Å². The Bertz CT molecular complexity index is 5770. The molecule has 2 unspecified atom stereocenters. The summed E-state index contributed by atoms with van der Waals surface area (Å²) in [6, 6.07) is 19.2. The zero-order chi connectivity index (χ0) is 107. The molecule has 14 rings (SSSR count). The number of aryl methyl sites for hydroxylation is 1. The van der Waals surface area contributed by atoms with Crippen LogP contribution in [0, 0.1) is 35.0 Å². The van der Waals surface area contributed by atoms with Crippen molar-refractivity contribution in [2.75, 3.05) is 201 Å². The topological polar surface area (TPSA) is 556 Å². The number of imide groups is 1. The van der Waals surface area contributed by atoms with Gasteiger partial charge in [-0.2, -0.15) is 13.5 Å². The highest BCUT2D eigenvalue weighted by Crippen LogP contribution is 2.72. The number of aromatic nitrogens is 7. The van der Waals surface area contributed by atoms with Gasteiger partial charge in [0.15, 0.2) is 22.7 Å². The van der Waals surface area contributed by atoms with Gasteiger partial charge >= 0.3 is 18.0 Å². The number of Topliss-reactive ketones (excluding diaryl/α,β-unsaturated/α-hetero) is 2. The Kier molecular flexibility index (Phi) is 43.4. The number of rotatable bonds is 68. The molecule has 4 aliphatic carbocycles. The molecule has 3 aromatic carbocycles. The van der Waals surface area contributed by atoms with Crippen molar-refractivity contribution in [1.29, 1.82) is 0 Å². The molecule has 5 fully saturated rings. The second-order valence-electron chi connectivity index (χ2n) is 40.0. The smallest absolute Gasteiger partial charge is 0.410 e. The van der Waals surface area contributed by atoms with Crippen LogP contribution in [-0.2, 0) is 155 Å². The SMILES string of the molecule is COCCOCCOCCOCCOCCOCCOCCOCCOCCOCCOCCOCCn1cc([C@@H](CC(=O)C[C@H](C(=O)N[C@@H](C)C(=O)Cc2ccc(COC(=O)N(CCOC34CC5(C)CC(C)(CC(Cn6ncc(-c7ccc(N8CCc9cccc(C(=O)Nc%10nc%11ccccc%11s%10)c9C8)nc7C(=O)O)c6C)(C5)C3)C4)CCS(=O)(=O)O)c(CC[C@@H]3O[C@H](C(=O)O)[C@@H](O)[C@H](O)[C@H]3O)c2)C(C)C)N2C(=O)C=CC2=O)nn1. The number of fused-ring (bicyclic) bond motifs is 2. The summed E-state index contributed by atoms with van der Waals surface area (Å²) in [7, 11) is -3.04. The lowest BCUT2D eigenvalue weighted by Gasteiger charge is -2.69. The highest BCUT2D eigenvalue weighted by atomic mass is 32.2. The van der Waals surface area contributed by atoms with Gasteiger partial charge in [0.05, 0.1) is 217 Å². The van der Waals surface area contributed by atoms with Gasteiger partial charge in [-0.25, -0.2) is 29.0 Å². The van der Waals surface area contributed by atoms with Crippen LogP contribution in [0.2, 0.25) is 0 Å². The van der Waals surface area contributed by atoms with Crippen LogP contribution in [0.25, 0.3) is 21.3 Å². The minimum absolute atomic E-state index is 0.0855. The van der Waals surface area contributed by atoms with E-state index in [2.05, 4.69) is 39.8 Å². The molecule has 4 aromatic heterocycles. The highest BCUT2D eigenvalue weighted by Gasteiger charge is 2.66. The Balaban J connectivity index is 0.558. The minimum Gasteiger partial charge on any atom is -0.479 e. The van der Waals surface area contributed by atoms with Gasteiger partial charge in [-0.15, -0.1) is 5.10 Å². The number of aliphatic hydroxyl groups is 3. The summed E-state index contributed by atoms with van der Waals surface area (Å²) in [4.78, 5) is 137. The fraction of sp³-hybridized carbons (Fsp3) is 0.615. The average molecular weight is 2140 g/mol. The first kappa shape index (κ1) is 117. The first-order valence-corrected chi connectivity index (χ1v) is 53.4. The molecular formula is C104H142N12O32S2. The molecule has 7 aliphatic rings. The third-order valence-electron chi connectivity index (χ3n) is 27.8. The predicted octanol–water partition coefficient (Wildman–Crippen LogP) is 7.23. The van der Waals surface area contributed by atoms with E-state index in [0.29, 0.717) is 222 Å². The predicted molar refractivity (Wildman–Crippen MR) is 542 cm³/mol. The zero-order valence-electron chi connectivity index (χ0n) is 86.1. The fourth-order valence-electron chi connectivity index (χ4n) is 21.6. The van der Waals surface area contributed by atoms with E-state index >= 15 is 0 Å². The fourth-order valence-corrected chi connectivity index (χ4v) is 22.9. The molecule has 46 heteroatoms.